The third-order valence-electron chi connectivity index (χ3n) is 3.16. The summed E-state index contributed by atoms with van der Waals surface area (Å²) < 4.78 is 11.5. The molecule has 0 aliphatic carbocycles. The van der Waals surface area contributed by atoms with Gasteiger partial charge in [0.1, 0.15) is 12.4 Å². The van der Waals surface area contributed by atoms with Gasteiger partial charge in [0.25, 0.3) is 0 Å². The second kappa shape index (κ2) is 6.21. The number of benzene rings is 1. The summed E-state index contributed by atoms with van der Waals surface area (Å²) in [5.41, 5.74) is 1.24. The van der Waals surface area contributed by atoms with Gasteiger partial charge in [-0.1, -0.05) is 12.1 Å². The van der Waals surface area contributed by atoms with Crippen LogP contribution in [0.15, 0.2) is 24.3 Å². The number of aryl methyl sites for hydroxylation is 1. The molecule has 1 aliphatic rings. The molecule has 0 spiro atoms. The fourth-order valence-corrected chi connectivity index (χ4v) is 2.46. The summed E-state index contributed by atoms with van der Waals surface area (Å²) >= 11 is 0. The lowest BCUT2D eigenvalue weighted by molar-refractivity contribution is -0.0699. The van der Waals surface area contributed by atoms with Crippen LogP contribution < -0.4 is 4.74 Å². The summed E-state index contributed by atoms with van der Waals surface area (Å²) in [5, 5.41) is 0. The summed E-state index contributed by atoms with van der Waals surface area (Å²) in [6.45, 7) is 10.0. The van der Waals surface area contributed by atoms with Crippen LogP contribution in [-0.4, -0.2) is 43.3 Å². The lowest BCUT2D eigenvalue weighted by Crippen LogP contribution is -2.46. The molecule has 1 aliphatic heterocycles. The van der Waals surface area contributed by atoms with Crippen molar-refractivity contribution in [2.75, 3.05) is 26.2 Å². The van der Waals surface area contributed by atoms with Crippen molar-refractivity contribution in [3.63, 3.8) is 0 Å². The van der Waals surface area contributed by atoms with Crippen LogP contribution in [0.2, 0.25) is 0 Å². The first kappa shape index (κ1) is 13.4. The molecule has 0 N–H and O–H groups in total. The first-order chi connectivity index (χ1) is 8.63. The molecule has 2 rings (SSSR count). The van der Waals surface area contributed by atoms with Crippen molar-refractivity contribution in [1.82, 2.24) is 4.90 Å². The molecule has 1 aromatic carbocycles. The zero-order valence-electron chi connectivity index (χ0n) is 11.6. The van der Waals surface area contributed by atoms with Gasteiger partial charge in [0.2, 0.25) is 0 Å². The summed E-state index contributed by atoms with van der Waals surface area (Å²) in [4.78, 5) is 2.41. The smallest absolute Gasteiger partial charge is 0.119 e. The van der Waals surface area contributed by atoms with Gasteiger partial charge >= 0.3 is 0 Å². The van der Waals surface area contributed by atoms with Crippen molar-refractivity contribution in [2.45, 2.75) is 33.0 Å². The highest BCUT2D eigenvalue weighted by Crippen LogP contribution is 2.13. The van der Waals surface area contributed by atoms with E-state index in [9.17, 15) is 0 Å². The van der Waals surface area contributed by atoms with E-state index in [0.29, 0.717) is 12.2 Å². The minimum atomic E-state index is 0.327. The topological polar surface area (TPSA) is 21.7 Å². The SMILES string of the molecule is Cc1cccc(OCCN2C[C@H](C)O[C@@H](C)C2)c1. The van der Waals surface area contributed by atoms with Gasteiger partial charge in [0.05, 0.1) is 12.2 Å². The van der Waals surface area contributed by atoms with Gasteiger partial charge in [0.15, 0.2) is 0 Å². The normalized spacial score (nSPS) is 25.1. The van der Waals surface area contributed by atoms with Crippen molar-refractivity contribution in [3.05, 3.63) is 29.8 Å². The van der Waals surface area contributed by atoms with Crippen LogP contribution in [0.25, 0.3) is 0 Å². The number of nitrogens with zero attached hydrogens (tertiary/aromatic N) is 1. The monoisotopic (exact) mass is 249 g/mol. The molecular weight excluding hydrogens is 226 g/mol. The molecule has 0 radical (unpaired) electrons. The van der Waals surface area contributed by atoms with Crippen molar-refractivity contribution in [1.29, 1.82) is 0 Å². The Labute approximate surface area is 110 Å². The van der Waals surface area contributed by atoms with Crippen LogP contribution in [0.3, 0.4) is 0 Å². The van der Waals surface area contributed by atoms with Crippen LogP contribution >= 0.6 is 0 Å². The molecule has 100 valence electrons. The maximum Gasteiger partial charge on any atom is 0.119 e. The van der Waals surface area contributed by atoms with Gasteiger partial charge in [-0.3, -0.25) is 4.90 Å². The molecule has 1 heterocycles. The Morgan fingerprint density at radius 1 is 1.28 bits per heavy atom. The van der Waals surface area contributed by atoms with Gasteiger partial charge in [0, 0.05) is 19.6 Å². The Morgan fingerprint density at radius 3 is 2.67 bits per heavy atom. The van der Waals surface area contributed by atoms with Crippen molar-refractivity contribution in [2.24, 2.45) is 0 Å². The number of hydrogen-bond donors (Lipinski definition) is 0. The zero-order chi connectivity index (χ0) is 13.0. The highest BCUT2D eigenvalue weighted by Gasteiger charge is 2.21. The molecule has 0 amide bonds. The fraction of sp³-hybridized carbons (Fsp3) is 0.600. The molecule has 0 saturated carbocycles. The summed E-state index contributed by atoms with van der Waals surface area (Å²) in [5.74, 6) is 0.962. The van der Waals surface area contributed by atoms with Crippen molar-refractivity contribution in [3.8, 4) is 5.75 Å². The lowest BCUT2D eigenvalue weighted by atomic mass is 10.2. The Hall–Kier alpha value is -1.06. The standard InChI is InChI=1S/C15H23NO2/c1-12-5-4-6-15(9-12)17-8-7-16-10-13(2)18-14(3)11-16/h4-6,9,13-14H,7-8,10-11H2,1-3H3/t13-,14-/m0/s1. The summed E-state index contributed by atoms with van der Waals surface area (Å²) in [6, 6.07) is 8.20. The lowest BCUT2D eigenvalue weighted by Gasteiger charge is -2.35. The van der Waals surface area contributed by atoms with E-state index < -0.39 is 0 Å². The van der Waals surface area contributed by atoms with Crippen LogP contribution in [-0.2, 0) is 4.74 Å². The van der Waals surface area contributed by atoms with E-state index in [-0.39, 0.29) is 0 Å². The minimum absolute atomic E-state index is 0.327. The maximum absolute atomic E-state index is 5.78. The highest BCUT2D eigenvalue weighted by atomic mass is 16.5. The molecule has 1 fully saturated rings. The second-order valence-electron chi connectivity index (χ2n) is 5.18. The van der Waals surface area contributed by atoms with E-state index >= 15 is 0 Å². The predicted octanol–water partition coefficient (Wildman–Crippen LogP) is 2.48. The van der Waals surface area contributed by atoms with Gasteiger partial charge in [-0.15, -0.1) is 0 Å². The van der Waals surface area contributed by atoms with Crippen molar-refractivity contribution < 1.29 is 9.47 Å². The van der Waals surface area contributed by atoms with E-state index in [1.165, 1.54) is 5.56 Å². The van der Waals surface area contributed by atoms with Gasteiger partial charge in [-0.2, -0.15) is 0 Å². The third-order valence-corrected chi connectivity index (χ3v) is 3.16. The number of rotatable bonds is 4. The minimum Gasteiger partial charge on any atom is -0.492 e. The van der Waals surface area contributed by atoms with E-state index in [4.69, 9.17) is 9.47 Å². The highest BCUT2D eigenvalue weighted by molar-refractivity contribution is 5.27. The zero-order valence-corrected chi connectivity index (χ0v) is 11.6. The number of morpholine rings is 1. The Morgan fingerprint density at radius 2 is 2.00 bits per heavy atom. The maximum atomic E-state index is 5.78. The van der Waals surface area contributed by atoms with Crippen LogP contribution in [0, 0.1) is 6.92 Å². The molecular formula is C15H23NO2. The van der Waals surface area contributed by atoms with E-state index in [1.54, 1.807) is 0 Å². The molecule has 2 atom stereocenters. The Balaban J connectivity index is 1.75. The average Bonchev–Trinajstić information content (AvgIpc) is 2.27. The molecule has 0 bridgehead atoms. The van der Waals surface area contributed by atoms with Crippen molar-refractivity contribution >= 4 is 0 Å². The molecule has 0 unspecified atom stereocenters. The van der Waals surface area contributed by atoms with Crippen LogP contribution in [0.4, 0.5) is 0 Å². The van der Waals surface area contributed by atoms with Gasteiger partial charge in [-0.25, -0.2) is 0 Å². The van der Waals surface area contributed by atoms with Crippen LogP contribution in [0.1, 0.15) is 19.4 Å². The summed E-state index contributed by atoms with van der Waals surface area (Å²) in [6.07, 6.45) is 0.653. The predicted molar refractivity (Wildman–Crippen MR) is 73.1 cm³/mol. The van der Waals surface area contributed by atoms with E-state index in [0.717, 1.165) is 32.0 Å². The van der Waals surface area contributed by atoms with Gasteiger partial charge < -0.3 is 9.47 Å². The fourth-order valence-electron chi connectivity index (χ4n) is 2.46. The Kier molecular flexibility index (Phi) is 4.61. The van der Waals surface area contributed by atoms with Crippen LogP contribution in [0.5, 0.6) is 5.75 Å². The first-order valence-electron chi connectivity index (χ1n) is 6.71. The molecule has 3 nitrogen and oxygen atoms in total. The molecule has 3 heteroatoms. The largest absolute Gasteiger partial charge is 0.492 e. The van der Waals surface area contributed by atoms with E-state index in [2.05, 4.69) is 37.8 Å². The number of ether oxygens (including phenoxy) is 2. The molecule has 1 saturated heterocycles. The number of hydrogen-bond acceptors (Lipinski definition) is 3. The molecule has 1 aromatic rings. The first-order valence-corrected chi connectivity index (χ1v) is 6.71. The third kappa shape index (κ3) is 4.00. The van der Waals surface area contributed by atoms with E-state index in [1.807, 2.05) is 12.1 Å². The quantitative estimate of drug-likeness (QED) is 0.818. The summed E-state index contributed by atoms with van der Waals surface area (Å²) in [7, 11) is 0. The Bertz CT molecular complexity index is 371. The molecule has 0 aromatic heterocycles. The average molecular weight is 249 g/mol. The van der Waals surface area contributed by atoms with Gasteiger partial charge in [-0.05, 0) is 38.5 Å². The molecule has 18 heavy (non-hydrogen) atoms. The second-order valence-corrected chi connectivity index (χ2v) is 5.18.